The highest BCUT2D eigenvalue weighted by Crippen LogP contribution is 2.39. The quantitative estimate of drug-likeness (QED) is 0.713. The van der Waals surface area contributed by atoms with Crippen molar-refractivity contribution < 1.29 is 22.7 Å². The molecule has 1 saturated heterocycles. The number of carbonyl (C=O) groups excluding carboxylic acids is 1. The molecule has 1 aromatic heterocycles. The van der Waals surface area contributed by atoms with Gasteiger partial charge in [0.1, 0.15) is 24.9 Å². The van der Waals surface area contributed by atoms with Crippen LogP contribution in [0.2, 0.25) is 0 Å². The van der Waals surface area contributed by atoms with Gasteiger partial charge in [-0.2, -0.15) is 4.31 Å². The second-order valence-corrected chi connectivity index (χ2v) is 9.89. The SMILES string of the molecule is Cc1nc(C2CCCN2S(=O)(=O)c2ccc3c(c2)OCCO3)nc2c1CCC(=O)N2C. The highest BCUT2D eigenvalue weighted by Gasteiger charge is 2.39. The first-order chi connectivity index (χ1) is 14.9. The third kappa shape index (κ3) is 3.34. The molecular weight excluding hydrogens is 420 g/mol. The fourth-order valence-electron chi connectivity index (χ4n) is 4.44. The Balaban J connectivity index is 1.52. The Kier molecular flexibility index (Phi) is 4.86. The van der Waals surface area contributed by atoms with Gasteiger partial charge in [0.15, 0.2) is 11.5 Å². The Morgan fingerprint density at radius 2 is 1.87 bits per heavy atom. The molecule has 3 aliphatic heterocycles. The molecule has 9 nitrogen and oxygen atoms in total. The second-order valence-electron chi connectivity index (χ2n) is 8.00. The smallest absolute Gasteiger partial charge is 0.243 e. The number of aromatic nitrogens is 2. The van der Waals surface area contributed by atoms with Crippen LogP contribution >= 0.6 is 0 Å². The van der Waals surface area contributed by atoms with Crippen LogP contribution in [0.25, 0.3) is 0 Å². The largest absolute Gasteiger partial charge is 0.486 e. The van der Waals surface area contributed by atoms with Crippen LogP contribution in [-0.2, 0) is 21.2 Å². The Labute approximate surface area is 181 Å². The molecule has 5 rings (SSSR count). The van der Waals surface area contributed by atoms with Gasteiger partial charge >= 0.3 is 0 Å². The summed E-state index contributed by atoms with van der Waals surface area (Å²) in [5, 5.41) is 0. The molecule has 4 heterocycles. The van der Waals surface area contributed by atoms with Gasteiger partial charge in [-0.15, -0.1) is 0 Å². The fraction of sp³-hybridized carbons (Fsp3) is 0.476. The van der Waals surface area contributed by atoms with Crippen LogP contribution in [0.1, 0.15) is 42.4 Å². The summed E-state index contributed by atoms with van der Waals surface area (Å²) in [7, 11) is -2.09. The molecule has 3 aliphatic rings. The van der Waals surface area contributed by atoms with Gasteiger partial charge < -0.3 is 9.47 Å². The van der Waals surface area contributed by atoms with Gasteiger partial charge in [-0.25, -0.2) is 18.4 Å². The number of anilines is 1. The minimum absolute atomic E-state index is 0.00345. The maximum absolute atomic E-state index is 13.5. The number of sulfonamides is 1. The van der Waals surface area contributed by atoms with Gasteiger partial charge in [-0.3, -0.25) is 9.69 Å². The lowest BCUT2D eigenvalue weighted by Crippen LogP contribution is -2.35. The van der Waals surface area contributed by atoms with Crippen molar-refractivity contribution in [3.05, 3.63) is 35.3 Å². The third-order valence-corrected chi connectivity index (χ3v) is 8.02. The topological polar surface area (TPSA) is 102 Å². The number of nitrogens with zero attached hydrogens (tertiary/aromatic N) is 4. The van der Waals surface area contributed by atoms with Crippen molar-refractivity contribution >= 4 is 21.7 Å². The van der Waals surface area contributed by atoms with Gasteiger partial charge in [0, 0.05) is 37.3 Å². The zero-order valence-corrected chi connectivity index (χ0v) is 18.3. The number of fused-ring (bicyclic) bond motifs is 2. The van der Waals surface area contributed by atoms with E-state index in [2.05, 4.69) is 9.97 Å². The zero-order chi connectivity index (χ0) is 21.8. The summed E-state index contributed by atoms with van der Waals surface area (Å²) in [6.07, 6.45) is 2.37. The summed E-state index contributed by atoms with van der Waals surface area (Å²) in [4.78, 5) is 23.2. The molecule has 1 aromatic carbocycles. The summed E-state index contributed by atoms with van der Waals surface area (Å²) >= 11 is 0. The third-order valence-electron chi connectivity index (χ3n) is 6.11. The zero-order valence-electron chi connectivity index (χ0n) is 17.5. The van der Waals surface area contributed by atoms with Crippen molar-refractivity contribution in [3.8, 4) is 11.5 Å². The number of hydrogen-bond donors (Lipinski definition) is 0. The summed E-state index contributed by atoms with van der Waals surface area (Å²) in [5.41, 5.74) is 1.74. The summed E-state index contributed by atoms with van der Waals surface area (Å²) in [6, 6.07) is 4.22. The summed E-state index contributed by atoms with van der Waals surface area (Å²) < 4.78 is 39.5. The molecule has 10 heteroatoms. The number of ether oxygens (including phenoxy) is 2. The molecule has 0 bridgehead atoms. The lowest BCUT2D eigenvalue weighted by Gasteiger charge is -2.28. The molecule has 0 saturated carbocycles. The maximum Gasteiger partial charge on any atom is 0.243 e. The van der Waals surface area contributed by atoms with Gasteiger partial charge in [-0.05, 0) is 38.3 Å². The second kappa shape index (κ2) is 7.45. The van der Waals surface area contributed by atoms with E-state index in [-0.39, 0.29) is 10.8 Å². The first-order valence-corrected chi connectivity index (χ1v) is 11.9. The lowest BCUT2D eigenvalue weighted by molar-refractivity contribution is -0.118. The van der Waals surface area contributed by atoms with Gasteiger partial charge in [0.25, 0.3) is 0 Å². The predicted octanol–water partition coefficient (Wildman–Crippen LogP) is 1.99. The van der Waals surface area contributed by atoms with E-state index >= 15 is 0 Å². The van der Waals surface area contributed by atoms with Crippen LogP contribution in [0.4, 0.5) is 5.82 Å². The van der Waals surface area contributed by atoms with E-state index in [1.165, 1.54) is 10.4 Å². The highest BCUT2D eigenvalue weighted by molar-refractivity contribution is 7.89. The van der Waals surface area contributed by atoms with E-state index < -0.39 is 16.1 Å². The van der Waals surface area contributed by atoms with Crippen LogP contribution in [0, 0.1) is 6.92 Å². The molecule has 164 valence electrons. The van der Waals surface area contributed by atoms with Crippen molar-refractivity contribution in [1.29, 1.82) is 0 Å². The number of benzene rings is 1. The number of hydrogen-bond acceptors (Lipinski definition) is 7. The number of aryl methyl sites for hydroxylation is 1. The first-order valence-electron chi connectivity index (χ1n) is 10.4. The number of rotatable bonds is 3. The fourth-order valence-corrected chi connectivity index (χ4v) is 6.12. The monoisotopic (exact) mass is 444 g/mol. The van der Waals surface area contributed by atoms with E-state index in [0.29, 0.717) is 68.6 Å². The van der Waals surface area contributed by atoms with Crippen LogP contribution in [0.3, 0.4) is 0 Å². The highest BCUT2D eigenvalue weighted by atomic mass is 32.2. The summed E-state index contributed by atoms with van der Waals surface area (Å²) in [5.74, 6) is 2.01. The molecule has 1 atom stereocenters. The Hall–Kier alpha value is -2.72. The molecule has 0 N–H and O–H groups in total. The van der Waals surface area contributed by atoms with Gasteiger partial charge in [0.2, 0.25) is 15.9 Å². The molecular formula is C21H24N4O5S. The van der Waals surface area contributed by atoms with Crippen LogP contribution < -0.4 is 14.4 Å². The Morgan fingerprint density at radius 1 is 1.10 bits per heavy atom. The van der Waals surface area contributed by atoms with E-state index in [1.807, 2.05) is 6.92 Å². The van der Waals surface area contributed by atoms with Gasteiger partial charge in [0.05, 0.1) is 10.9 Å². The molecule has 0 radical (unpaired) electrons. The van der Waals surface area contributed by atoms with Crippen molar-refractivity contribution in [2.24, 2.45) is 0 Å². The standard InChI is InChI=1S/C21H24N4O5S/c1-13-15-6-8-19(26)24(2)21(15)23-20(22-13)16-4-3-9-25(16)31(27,28)14-5-7-17-18(12-14)30-11-10-29-17/h5,7,12,16H,3-4,6,8-11H2,1-2H3. The molecule has 31 heavy (non-hydrogen) atoms. The molecule has 2 aromatic rings. The molecule has 1 amide bonds. The average molecular weight is 445 g/mol. The average Bonchev–Trinajstić information content (AvgIpc) is 3.27. The van der Waals surface area contributed by atoms with Crippen molar-refractivity contribution in [2.45, 2.75) is 43.5 Å². The van der Waals surface area contributed by atoms with Crippen molar-refractivity contribution in [3.63, 3.8) is 0 Å². The number of amides is 1. The molecule has 1 unspecified atom stereocenters. The Morgan fingerprint density at radius 3 is 2.68 bits per heavy atom. The van der Waals surface area contributed by atoms with Crippen LogP contribution in [0.5, 0.6) is 11.5 Å². The van der Waals surface area contributed by atoms with Crippen molar-refractivity contribution in [1.82, 2.24) is 14.3 Å². The maximum atomic E-state index is 13.5. The van der Waals surface area contributed by atoms with E-state index in [9.17, 15) is 13.2 Å². The van der Waals surface area contributed by atoms with Gasteiger partial charge in [-0.1, -0.05) is 0 Å². The minimum atomic E-state index is -3.79. The van der Waals surface area contributed by atoms with Crippen LogP contribution in [0.15, 0.2) is 23.1 Å². The van der Waals surface area contributed by atoms with E-state index in [1.54, 1.807) is 24.1 Å². The molecule has 0 aliphatic carbocycles. The molecule has 1 fully saturated rings. The van der Waals surface area contributed by atoms with E-state index in [4.69, 9.17) is 9.47 Å². The predicted molar refractivity (Wildman–Crippen MR) is 112 cm³/mol. The summed E-state index contributed by atoms with van der Waals surface area (Å²) in [6.45, 7) is 3.11. The van der Waals surface area contributed by atoms with Crippen LogP contribution in [-0.4, -0.2) is 55.4 Å². The lowest BCUT2D eigenvalue weighted by atomic mass is 10.0. The normalized spacial score (nSPS) is 21.3. The minimum Gasteiger partial charge on any atom is -0.486 e. The first kappa shape index (κ1) is 20.2. The number of carbonyl (C=O) groups is 1. The van der Waals surface area contributed by atoms with Crippen molar-refractivity contribution in [2.75, 3.05) is 31.7 Å². The molecule has 0 spiro atoms. The Bertz CT molecular complexity index is 1170. The van der Waals surface area contributed by atoms with E-state index in [0.717, 1.165) is 11.3 Å².